The number of hydrogen-bond donors (Lipinski definition) is 1. The standard InChI is InChI=1S/C21H20ClF3N2O2/c22-18-8-6-15(7-9-18)20(29)27-10-2-4-16(13-27)19(28)26-12-14-3-1-5-17(11-14)21(23,24)25/h1,3,5-9,11,16H,2,4,10,12-13H2,(H,26,28). The van der Waals surface area contributed by atoms with Crippen molar-refractivity contribution in [3.63, 3.8) is 0 Å². The molecule has 0 saturated carbocycles. The molecule has 0 aliphatic carbocycles. The summed E-state index contributed by atoms with van der Waals surface area (Å²) < 4.78 is 38.4. The molecule has 2 aromatic rings. The topological polar surface area (TPSA) is 49.4 Å². The molecule has 0 spiro atoms. The van der Waals surface area contributed by atoms with Gasteiger partial charge in [0.25, 0.3) is 5.91 Å². The van der Waals surface area contributed by atoms with Crippen molar-refractivity contribution in [2.24, 2.45) is 5.92 Å². The highest BCUT2D eigenvalue weighted by Gasteiger charge is 2.31. The minimum Gasteiger partial charge on any atom is -0.352 e. The predicted molar refractivity (Wildman–Crippen MR) is 103 cm³/mol. The van der Waals surface area contributed by atoms with Gasteiger partial charge in [0.2, 0.25) is 5.91 Å². The molecule has 1 unspecified atom stereocenters. The van der Waals surface area contributed by atoms with Gasteiger partial charge in [-0.15, -0.1) is 0 Å². The number of carbonyl (C=O) groups excluding carboxylic acids is 2. The Bertz CT molecular complexity index is 884. The van der Waals surface area contributed by atoms with Crippen molar-refractivity contribution in [1.82, 2.24) is 10.2 Å². The van der Waals surface area contributed by atoms with Gasteiger partial charge in [-0.1, -0.05) is 23.7 Å². The molecule has 1 aliphatic heterocycles. The Morgan fingerprint density at radius 3 is 2.55 bits per heavy atom. The number of benzene rings is 2. The van der Waals surface area contributed by atoms with Crippen LogP contribution in [0.25, 0.3) is 0 Å². The fourth-order valence-corrected chi connectivity index (χ4v) is 3.47. The zero-order valence-electron chi connectivity index (χ0n) is 15.5. The first kappa shape index (κ1) is 21.2. The van der Waals surface area contributed by atoms with Gasteiger partial charge in [0.05, 0.1) is 11.5 Å². The second-order valence-electron chi connectivity index (χ2n) is 7.01. The van der Waals surface area contributed by atoms with Gasteiger partial charge in [0, 0.05) is 30.2 Å². The van der Waals surface area contributed by atoms with Gasteiger partial charge in [0.15, 0.2) is 0 Å². The number of likely N-dealkylation sites (tertiary alicyclic amines) is 1. The summed E-state index contributed by atoms with van der Waals surface area (Å²) in [5.74, 6) is -0.834. The van der Waals surface area contributed by atoms with Crippen molar-refractivity contribution in [2.75, 3.05) is 13.1 Å². The summed E-state index contributed by atoms with van der Waals surface area (Å²) in [6.45, 7) is 0.832. The van der Waals surface area contributed by atoms with Crippen molar-refractivity contribution in [3.05, 3.63) is 70.2 Å². The van der Waals surface area contributed by atoms with Crippen LogP contribution in [0.2, 0.25) is 5.02 Å². The quantitative estimate of drug-likeness (QED) is 0.784. The van der Waals surface area contributed by atoms with Crippen molar-refractivity contribution < 1.29 is 22.8 Å². The lowest BCUT2D eigenvalue weighted by molar-refractivity contribution is -0.137. The third-order valence-corrected chi connectivity index (χ3v) is 5.14. The van der Waals surface area contributed by atoms with E-state index in [1.807, 2.05) is 0 Å². The number of halogens is 4. The summed E-state index contributed by atoms with van der Waals surface area (Å²) in [6, 6.07) is 11.4. The maximum Gasteiger partial charge on any atom is 0.416 e. The van der Waals surface area contributed by atoms with Gasteiger partial charge >= 0.3 is 6.18 Å². The molecule has 0 bridgehead atoms. The zero-order valence-corrected chi connectivity index (χ0v) is 16.3. The maximum atomic E-state index is 12.8. The molecular formula is C21H20ClF3N2O2. The highest BCUT2D eigenvalue weighted by molar-refractivity contribution is 6.30. The fourth-order valence-electron chi connectivity index (χ4n) is 3.34. The maximum absolute atomic E-state index is 12.8. The van der Waals surface area contributed by atoms with Gasteiger partial charge < -0.3 is 10.2 Å². The van der Waals surface area contributed by atoms with Crippen LogP contribution in [0.1, 0.15) is 34.3 Å². The third kappa shape index (κ3) is 5.50. The molecule has 1 atom stereocenters. The highest BCUT2D eigenvalue weighted by Crippen LogP contribution is 2.29. The molecule has 3 rings (SSSR count). The van der Waals surface area contributed by atoms with Crippen LogP contribution in [0.4, 0.5) is 13.2 Å². The van der Waals surface area contributed by atoms with Crippen LogP contribution in [-0.4, -0.2) is 29.8 Å². The van der Waals surface area contributed by atoms with E-state index in [0.717, 1.165) is 12.1 Å². The van der Waals surface area contributed by atoms with Gasteiger partial charge in [-0.3, -0.25) is 9.59 Å². The van der Waals surface area contributed by atoms with Crippen molar-refractivity contribution >= 4 is 23.4 Å². The monoisotopic (exact) mass is 424 g/mol. The van der Waals surface area contributed by atoms with E-state index in [9.17, 15) is 22.8 Å². The lowest BCUT2D eigenvalue weighted by Gasteiger charge is -2.32. The second-order valence-corrected chi connectivity index (χ2v) is 7.45. The van der Waals surface area contributed by atoms with Crippen molar-refractivity contribution in [1.29, 1.82) is 0 Å². The molecular weight excluding hydrogens is 405 g/mol. The van der Waals surface area contributed by atoms with E-state index in [-0.39, 0.29) is 24.9 Å². The first-order valence-corrected chi connectivity index (χ1v) is 9.60. The van der Waals surface area contributed by atoms with Gasteiger partial charge in [-0.05, 0) is 54.8 Å². The average molecular weight is 425 g/mol. The number of carbonyl (C=O) groups is 2. The smallest absolute Gasteiger partial charge is 0.352 e. The molecule has 0 radical (unpaired) electrons. The molecule has 29 heavy (non-hydrogen) atoms. The Morgan fingerprint density at radius 2 is 1.86 bits per heavy atom. The van der Waals surface area contributed by atoms with Crippen molar-refractivity contribution in [3.8, 4) is 0 Å². The lowest BCUT2D eigenvalue weighted by Crippen LogP contribution is -2.45. The summed E-state index contributed by atoms with van der Waals surface area (Å²) in [5.41, 5.74) is 0.124. The number of piperidine rings is 1. The van der Waals surface area contributed by atoms with E-state index >= 15 is 0 Å². The lowest BCUT2D eigenvalue weighted by atomic mass is 9.96. The highest BCUT2D eigenvalue weighted by atomic mass is 35.5. The van der Waals surface area contributed by atoms with E-state index < -0.39 is 17.7 Å². The normalized spacial score (nSPS) is 17.1. The summed E-state index contributed by atoms with van der Waals surface area (Å²) in [6.07, 6.45) is -3.12. The average Bonchev–Trinajstić information content (AvgIpc) is 2.72. The SMILES string of the molecule is O=C(NCc1cccc(C(F)(F)F)c1)C1CCCN(C(=O)c2ccc(Cl)cc2)C1. The minimum atomic E-state index is -4.42. The molecule has 1 N–H and O–H groups in total. The Hall–Kier alpha value is -2.54. The molecule has 2 amide bonds. The summed E-state index contributed by atoms with van der Waals surface area (Å²) >= 11 is 5.85. The molecule has 2 aromatic carbocycles. The Morgan fingerprint density at radius 1 is 1.14 bits per heavy atom. The number of alkyl halides is 3. The molecule has 1 aliphatic rings. The molecule has 8 heteroatoms. The van der Waals surface area contributed by atoms with E-state index in [1.165, 1.54) is 12.1 Å². The van der Waals surface area contributed by atoms with Crippen molar-refractivity contribution in [2.45, 2.75) is 25.6 Å². The molecule has 4 nitrogen and oxygen atoms in total. The molecule has 1 saturated heterocycles. The zero-order chi connectivity index (χ0) is 21.0. The Balaban J connectivity index is 1.58. The van der Waals surface area contributed by atoms with Crippen LogP contribution in [0.5, 0.6) is 0 Å². The number of nitrogens with one attached hydrogen (secondary N) is 1. The minimum absolute atomic E-state index is 0.00435. The van der Waals surface area contributed by atoms with Gasteiger partial charge in [-0.25, -0.2) is 0 Å². The van der Waals surface area contributed by atoms with E-state index in [2.05, 4.69) is 5.32 Å². The fraction of sp³-hybridized carbons (Fsp3) is 0.333. The predicted octanol–water partition coefficient (Wildman–Crippen LogP) is 4.53. The summed E-state index contributed by atoms with van der Waals surface area (Å²) in [7, 11) is 0. The van der Waals surface area contributed by atoms with Gasteiger partial charge in [-0.2, -0.15) is 13.2 Å². The molecule has 1 heterocycles. The molecule has 154 valence electrons. The number of nitrogens with zero attached hydrogens (tertiary/aromatic N) is 1. The van der Waals surface area contributed by atoms with Crippen LogP contribution < -0.4 is 5.32 Å². The van der Waals surface area contributed by atoms with Crippen LogP contribution >= 0.6 is 11.6 Å². The van der Waals surface area contributed by atoms with Crippen LogP contribution in [-0.2, 0) is 17.5 Å². The Labute approximate surface area is 171 Å². The molecule has 0 aromatic heterocycles. The number of rotatable bonds is 4. The van der Waals surface area contributed by atoms with E-state index in [0.29, 0.717) is 35.5 Å². The first-order valence-electron chi connectivity index (χ1n) is 9.23. The van der Waals surface area contributed by atoms with Gasteiger partial charge in [0.1, 0.15) is 0 Å². The van der Waals surface area contributed by atoms with E-state index in [4.69, 9.17) is 11.6 Å². The largest absolute Gasteiger partial charge is 0.416 e. The van der Waals surface area contributed by atoms with E-state index in [1.54, 1.807) is 29.2 Å². The molecule has 1 fully saturated rings. The second kappa shape index (κ2) is 8.86. The summed E-state index contributed by atoms with van der Waals surface area (Å²) in [5, 5.41) is 3.23. The third-order valence-electron chi connectivity index (χ3n) is 4.89. The first-order chi connectivity index (χ1) is 13.7. The Kier molecular flexibility index (Phi) is 6.47. The van der Waals surface area contributed by atoms with Crippen LogP contribution in [0.15, 0.2) is 48.5 Å². The number of amides is 2. The van der Waals surface area contributed by atoms with Crippen LogP contribution in [0.3, 0.4) is 0 Å². The summed E-state index contributed by atoms with van der Waals surface area (Å²) in [4.78, 5) is 26.8. The number of hydrogen-bond acceptors (Lipinski definition) is 2. The van der Waals surface area contributed by atoms with Crippen LogP contribution in [0, 0.1) is 5.92 Å².